The number of hydrogen-bond donors (Lipinski definition) is 1. The van der Waals surface area contributed by atoms with Crippen LogP contribution in [0.25, 0.3) is 11.6 Å². The molecule has 0 radical (unpaired) electrons. The summed E-state index contributed by atoms with van der Waals surface area (Å²) in [6.07, 6.45) is 2.78. The highest BCUT2D eigenvalue weighted by molar-refractivity contribution is 7.95. The third-order valence-electron chi connectivity index (χ3n) is 8.03. The van der Waals surface area contributed by atoms with Gasteiger partial charge in [-0.2, -0.15) is 0 Å². The van der Waals surface area contributed by atoms with E-state index >= 15 is 0 Å². The third kappa shape index (κ3) is 7.67. The number of carbonyl (C=O) groups is 1. The van der Waals surface area contributed by atoms with Crippen LogP contribution in [0.3, 0.4) is 0 Å². The van der Waals surface area contributed by atoms with E-state index in [0.29, 0.717) is 33.5 Å². The fourth-order valence-electron chi connectivity index (χ4n) is 5.19. The van der Waals surface area contributed by atoms with Crippen LogP contribution in [0, 0.1) is 18.8 Å². The molecular formula is C40H38O6S. The van der Waals surface area contributed by atoms with Gasteiger partial charge in [-0.3, -0.25) is 0 Å². The van der Waals surface area contributed by atoms with Gasteiger partial charge >= 0.3 is 5.97 Å². The summed E-state index contributed by atoms with van der Waals surface area (Å²) >= 11 is 0. The number of hydrogen-bond acceptors (Lipinski definition) is 5. The van der Waals surface area contributed by atoms with Crippen LogP contribution in [0.4, 0.5) is 0 Å². The Morgan fingerprint density at radius 2 is 1.49 bits per heavy atom. The Hall–Kier alpha value is -5.06. The molecule has 4 aromatic rings. The molecule has 240 valence electrons. The first kappa shape index (κ1) is 33.3. The summed E-state index contributed by atoms with van der Waals surface area (Å²) in [7, 11) is -3.37. The van der Waals surface area contributed by atoms with Gasteiger partial charge in [0.05, 0.1) is 4.90 Å². The van der Waals surface area contributed by atoms with Gasteiger partial charge in [-0.05, 0) is 120 Å². The predicted molar refractivity (Wildman–Crippen MR) is 186 cm³/mol. The van der Waals surface area contributed by atoms with Crippen molar-refractivity contribution in [2.24, 2.45) is 0 Å². The zero-order valence-corrected chi connectivity index (χ0v) is 28.2. The Morgan fingerprint density at radius 3 is 2.11 bits per heavy atom. The molecule has 0 fully saturated rings. The number of rotatable bonds is 8. The maximum Gasteiger partial charge on any atom is 0.344 e. The zero-order valence-electron chi connectivity index (χ0n) is 27.4. The molecule has 0 aliphatic carbocycles. The van der Waals surface area contributed by atoms with Gasteiger partial charge in [0.2, 0.25) is 9.84 Å². The predicted octanol–water partition coefficient (Wildman–Crippen LogP) is 8.20. The van der Waals surface area contributed by atoms with Crippen LogP contribution in [-0.4, -0.2) is 32.2 Å². The highest BCUT2D eigenvalue weighted by Gasteiger charge is 2.26. The van der Waals surface area contributed by atoms with Crippen molar-refractivity contribution in [2.75, 3.05) is 6.61 Å². The summed E-state index contributed by atoms with van der Waals surface area (Å²) in [5.41, 5.74) is 7.39. The number of ether oxygens (including phenoxy) is 2. The molecule has 0 saturated carbocycles. The van der Waals surface area contributed by atoms with Crippen molar-refractivity contribution in [2.45, 2.75) is 58.0 Å². The standard InChI is InChI=1S/C40H38O6S/c1-26-23-35(18-19-37(26)46-28(3)39(41)42)45-22-21-36(32-14-16-34(17-15-32)40(4,5)6)31-12-9-29(10-13-31)7-8-30-11-20-38-33(25-30)24-27(2)47(38,43)44/h9-21,23-25,28H,22H2,1-6H3,(H,41,42)/b36-21+. The maximum absolute atomic E-state index is 12.4. The fourth-order valence-corrected chi connectivity index (χ4v) is 6.49. The third-order valence-corrected chi connectivity index (χ3v) is 9.94. The first-order valence-corrected chi connectivity index (χ1v) is 16.8. The molecule has 5 rings (SSSR count). The fraction of sp³-hybridized carbons (Fsp3) is 0.225. The number of carboxylic acid groups (broad SMARTS) is 1. The molecule has 0 aromatic heterocycles. The number of fused-ring (bicyclic) bond motifs is 1. The molecule has 0 saturated heterocycles. The zero-order chi connectivity index (χ0) is 33.9. The van der Waals surface area contributed by atoms with Crippen molar-refractivity contribution in [1.29, 1.82) is 0 Å². The molecule has 0 amide bonds. The minimum Gasteiger partial charge on any atom is -0.489 e. The van der Waals surface area contributed by atoms with Crippen LogP contribution in [0.2, 0.25) is 0 Å². The lowest BCUT2D eigenvalue weighted by molar-refractivity contribution is -0.144. The van der Waals surface area contributed by atoms with Crippen molar-refractivity contribution in [3.8, 4) is 23.3 Å². The lowest BCUT2D eigenvalue weighted by Crippen LogP contribution is -2.23. The quantitative estimate of drug-likeness (QED) is 0.194. The van der Waals surface area contributed by atoms with E-state index in [1.165, 1.54) is 12.5 Å². The maximum atomic E-state index is 12.4. The molecule has 1 aliphatic heterocycles. The number of allylic oxidation sites excluding steroid dienone is 1. The average molecular weight is 647 g/mol. The van der Waals surface area contributed by atoms with Gasteiger partial charge < -0.3 is 14.6 Å². The summed E-state index contributed by atoms with van der Waals surface area (Å²) in [5.74, 6) is 6.49. The molecule has 7 heteroatoms. The monoisotopic (exact) mass is 646 g/mol. The van der Waals surface area contributed by atoms with Gasteiger partial charge in [0.25, 0.3) is 0 Å². The van der Waals surface area contributed by atoms with E-state index in [0.717, 1.165) is 33.4 Å². The molecule has 6 nitrogen and oxygen atoms in total. The molecule has 1 aliphatic rings. The second-order valence-corrected chi connectivity index (χ2v) is 14.7. The lowest BCUT2D eigenvalue weighted by Gasteiger charge is -2.19. The number of benzene rings is 4. The van der Waals surface area contributed by atoms with Crippen molar-refractivity contribution in [3.05, 3.63) is 135 Å². The highest BCUT2D eigenvalue weighted by Crippen LogP contribution is 2.33. The summed E-state index contributed by atoms with van der Waals surface area (Å²) < 4.78 is 36.4. The van der Waals surface area contributed by atoms with Gasteiger partial charge in [0, 0.05) is 16.0 Å². The van der Waals surface area contributed by atoms with E-state index in [9.17, 15) is 13.2 Å². The highest BCUT2D eigenvalue weighted by atomic mass is 32.2. The molecule has 1 atom stereocenters. The number of aryl methyl sites for hydroxylation is 1. The van der Waals surface area contributed by atoms with Crippen LogP contribution < -0.4 is 9.47 Å². The Labute approximate surface area is 277 Å². The number of carboxylic acids is 1. The van der Waals surface area contributed by atoms with E-state index in [-0.39, 0.29) is 5.41 Å². The van der Waals surface area contributed by atoms with E-state index in [4.69, 9.17) is 14.6 Å². The Bertz CT molecular complexity index is 2050. The van der Waals surface area contributed by atoms with Crippen LogP contribution in [0.1, 0.15) is 73.6 Å². The van der Waals surface area contributed by atoms with E-state index in [1.807, 2.05) is 49.4 Å². The topological polar surface area (TPSA) is 89.9 Å². The van der Waals surface area contributed by atoms with Crippen LogP contribution in [0.15, 0.2) is 101 Å². The van der Waals surface area contributed by atoms with Gasteiger partial charge in [0.15, 0.2) is 6.10 Å². The molecule has 1 heterocycles. The smallest absolute Gasteiger partial charge is 0.344 e. The van der Waals surface area contributed by atoms with Crippen LogP contribution >= 0.6 is 0 Å². The Balaban J connectivity index is 1.38. The van der Waals surface area contributed by atoms with E-state index in [1.54, 1.807) is 37.3 Å². The van der Waals surface area contributed by atoms with Crippen molar-refractivity contribution in [3.63, 3.8) is 0 Å². The molecular weight excluding hydrogens is 609 g/mol. The van der Waals surface area contributed by atoms with Gasteiger partial charge in [-0.15, -0.1) is 0 Å². The van der Waals surface area contributed by atoms with Crippen molar-refractivity contribution in [1.82, 2.24) is 0 Å². The van der Waals surface area contributed by atoms with E-state index < -0.39 is 21.9 Å². The van der Waals surface area contributed by atoms with Gasteiger partial charge in [0.1, 0.15) is 18.1 Å². The molecule has 0 bridgehead atoms. The second kappa shape index (κ2) is 13.4. The molecule has 0 spiro atoms. The average Bonchev–Trinajstić information content (AvgIpc) is 3.26. The first-order chi connectivity index (χ1) is 22.2. The SMILES string of the molecule is CC1=Cc2cc(C#Cc3ccc(/C(=C\COc4ccc(OC(C)C(=O)O)c(C)c4)c4ccc(C(C)(C)C)cc4)cc3)ccc2S1(=O)=O. The largest absolute Gasteiger partial charge is 0.489 e. The lowest BCUT2D eigenvalue weighted by atomic mass is 9.85. The first-order valence-electron chi connectivity index (χ1n) is 15.4. The second-order valence-electron chi connectivity index (χ2n) is 12.6. The van der Waals surface area contributed by atoms with Crippen molar-refractivity contribution < 1.29 is 27.8 Å². The summed E-state index contributed by atoms with van der Waals surface area (Å²) in [4.78, 5) is 11.9. The van der Waals surface area contributed by atoms with Gasteiger partial charge in [-0.1, -0.05) is 69.0 Å². The summed E-state index contributed by atoms with van der Waals surface area (Å²) in [6, 6.07) is 27.1. The molecule has 4 aromatic carbocycles. The summed E-state index contributed by atoms with van der Waals surface area (Å²) in [6.45, 7) is 11.8. The van der Waals surface area contributed by atoms with Gasteiger partial charge in [-0.25, -0.2) is 13.2 Å². The minimum absolute atomic E-state index is 0.0318. The Morgan fingerprint density at radius 1 is 0.872 bits per heavy atom. The number of aliphatic carboxylic acids is 1. The summed E-state index contributed by atoms with van der Waals surface area (Å²) in [5, 5.41) is 9.16. The molecule has 47 heavy (non-hydrogen) atoms. The normalized spacial score (nSPS) is 14.3. The molecule has 1 N–H and O–H groups in total. The van der Waals surface area contributed by atoms with Crippen LogP contribution in [-0.2, 0) is 20.0 Å². The van der Waals surface area contributed by atoms with E-state index in [2.05, 4.69) is 56.9 Å². The van der Waals surface area contributed by atoms with Crippen LogP contribution in [0.5, 0.6) is 11.5 Å². The van der Waals surface area contributed by atoms with Crippen molar-refractivity contribution >= 4 is 27.5 Å². The molecule has 1 unspecified atom stereocenters. The minimum atomic E-state index is -3.37. The Kier molecular flexibility index (Phi) is 9.46. The number of sulfone groups is 1.